The number of pyridine rings is 2. The maximum absolute atomic E-state index is 12.9. The number of carbonyl (C=O) groups is 1. The van der Waals surface area contributed by atoms with Gasteiger partial charge in [-0.05, 0) is 37.6 Å². The number of fused-ring (bicyclic) bond motifs is 1. The molecule has 2 fully saturated rings. The van der Waals surface area contributed by atoms with Gasteiger partial charge in [0.1, 0.15) is 16.9 Å². The monoisotopic (exact) mass is 392 g/mol. The molecule has 0 saturated carbocycles. The molecule has 7 nitrogen and oxygen atoms in total. The number of amides is 1. The maximum atomic E-state index is 12.9. The lowest BCUT2D eigenvalue weighted by atomic mass is 9.84. The summed E-state index contributed by atoms with van der Waals surface area (Å²) in [4.78, 5) is 23.6. The predicted molar refractivity (Wildman–Crippen MR) is 107 cm³/mol. The van der Waals surface area contributed by atoms with Crippen LogP contribution in [-0.4, -0.2) is 56.6 Å². The topological polar surface area (TPSA) is 69.0 Å². The highest BCUT2D eigenvalue weighted by Crippen LogP contribution is 2.36. The van der Waals surface area contributed by atoms with Gasteiger partial charge < -0.3 is 14.4 Å². The molecule has 0 bridgehead atoms. The van der Waals surface area contributed by atoms with E-state index in [1.54, 1.807) is 6.20 Å². The van der Waals surface area contributed by atoms with Gasteiger partial charge in [0, 0.05) is 24.9 Å². The quantitative estimate of drug-likeness (QED) is 0.683. The van der Waals surface area contributed by atoms with Crippen LogP contribution in [0.5, 0.6) is 0 Å². The molecular weight excluding hydrogens is 368 g/mol. The van der Waals surface area contributed by atoms with E-state index >= 15 is 0 Å². The Bertz CT molecular complexity index is 1040. The summed E-state index contributed by atoms with van der Waals surface area (Å²) < 4.78 is 14.0. The van der Waals surface area contributed by atoms with Crippen LogP contribution in [0.25, 0.3) is 5.65 Å². The SMILES string of the molecule is Cc1cccc(COC2CCOC3(C2)CN(C(=O)c2cnc4ccccn24)C3)n1. The van der Waals surface area contributed by atoms with Gasteiger partial charge in [0.25, 0.3) is 5.91 Å². The number of aromatic nitrogens is 3. The average molecular weight is 392 g/mol. The lowest BCUT2D eigenvalue weighted by molar-refractivity contribution is -0.188. The second kappa shape index (κ2) is 7.24. The van der Waals surface area contributed by atoms with Crippen molar-refractivity contribution in [1.29, 1.82) is 0 Å². The van der Waals surface area contributed by atoms with Gasteiger partial charge in [-0.3, -0.25) is 14.2 Å². The molecule has 150 valence electrons. The second-order valence-electron chi connectivity index (χ2n) is 7.96. The summed E-state index contributed by atoms with van der Waals surface area (Å²) in [5.74, 6) is -0.00933. The average Bonchev–Trinajstić information content (AvgIpc) is 3.14. The van der Waals surface area contributed by atoms with Gasteiger partial charge in [-0.1, -0.05) is 12.1 Å². The van der Waals surface area contributed by atoms with Gasteiger partial charge in [-0.2, -0.15) is 0 Å². The predicted octanol–water partition coefficient (Wildman–Crippen LogP) is 2.63. The molecule has 7 heteroatoms. The van der Waals surface area contributed by atoms with E-state index in [1.807, 2.05) is 58.8 Å². The summed E-state index contributed by atoms with van der Waals surface area (Å²) in [5.41, 5.74) is 3.01. The van der Waals surface area contributed by atoms with Crippen molar-refractivity contribution in [2.24, 2.45) is 0 Å². The highest BCUT2D eigenvalue weighted by atomic mass is 16.5. The third-order valence-electron chi connectivity index (χ3n) is 5.74. The maximum Gasteiger partial charge on any atom is 0.272 e. The molecule has 3 aromatic heterocycles. The van der Waals surface area contributed by atoms with E-state index in [2.05, 4.69) is 9.97 Å². The lowest BCUT2D eigenvalue weighted by Crippen LogP contribution is -2.67. The summed E-state index contributed by atoms with van der Waals surface area (Å²) in [6.07, 6.45) is 5.31. The number of ether oxygens (including phenoxy) is 2. The van der Waals surface area contributed by atoms with Crippen molar-refractivity contribution in [1.82, 2.24) is 19.3 Å². The largest absolute Gasteiger partial charge is 0.372 e. The molecule has 5 rings (SSSR count). The first-order chi connectivity index (χ1) is 14.1. The molecule has 0 aliphatic carbocycles. The van der Waals surface area contributed by atoms with Crippen molar-refractivity contribution >= 4 is 11.6 Å². The highest BCUT2D eigenvalue weighted by Gasteiger charge is 2.50. The summed E-state index contributed by atoms with van der Waals surface area (Å²) in [5, 5.41) is 0. The molecule has 3 aromatic rings. The van der Waals surface area contributed by atoms with E-state index in [0.29, 0.717) is 32.0 Å². The van der Waals surface area contributed by atoms with Crippen LogP contribution in [-0.2, 0) is 16.1 Å². The molecule has 2 aliphatic heterocycles. The second-order valence-corrected chi connectivity index (χ2v) is 7.96. The minimum Gasteiger partial charge on any atom is -0.372 e. The molecule has 2 aliphatic rings. The minimum atomic E-state index is -0.293. The van der Waals surface area contributed by atoms with E-state index in [0.717, 1.165) is 29.9 Å². The smallest absolute Gasteiger partial charge is 0.272 e. The Balaban J connectivity index is 1.20. The summed E-state index contributed by atoms with van der Waals surface area (Å²) >= 11 is 0. The molecule has 2 saturated heterocycles. The molecule has 0 aromatic carbocycles. The van der Waals surface area contributed by atoms with Crippen LogP contribution in [0.2, 0.25) is 0 Å². The Kier molecular flexibility index (Phi) is 4.56. The van der Waals surface area contributed by atoms with Gasteiger partial charge in [-0.25, -0.2) is 4.98 Å². The Hall–Kier alpha value is -2.77. The van der Waals surface area contributed by atoms with E-state index < -0.39 is 0 Å². The van der Waals surface area contributed by atoms with Crippen molar-refractivity contribution in [3.05, 3.63) is 65.9 Å². The highest BCUT2D eigenvalue weighted by molar-refractivity contribution is 5.94. The number of aryl methyl sites for hydroxylation is 1. The number of imidazole rings is 1. The van der Waals surface area contributed by atoms with Crippen molar-refractivity contribution in [2.75, 3.05) is 19.7 Å². The zero-order valence-electron chi connectivity index (χ0n) is 16.5. The number of carbonyl (C=O) groups excluding carboxylic acids is 1. The van der Waals surface area contributed by atoms with Crippen molar-refractivity contribution in [3.8, 4) is 0 Å². The standard InChI is InChI=1S/C22H24N4O3/c1-16-5-4-6-17(24-16)13-28-18-8-10-29-22(11-18)14-25(15-22)21(27)19-12-23-20-7-2-3-9-26(19)20/h2-7,9,12,18H,8,10-11,13-15H2,1H3. The molecule has 5 heterocycles. The zero-order chi connectivity index (χ0) is 19.8. The third kappa shape index (κ3) is 3.52. The molecular formula is C22H24N4O3. The Morgan fingerprint density at radius 3 is 3.03 bits per heavy atom. The molecule has 0 N–H and O–H groups in total. The fourth-order valence-corrected chi connectivity index (χ4v) is 4.27. The third-order valence-corrected chi connectivity index (χ3v) is 5.74. The van der Waals surface area contributed by atoms with Crippen LogP contribution in [0, 0.1) is 6.92 Å². The fourth-order valence-electron chi connectivity index (χ4n) is 4.27. The minimum absolute atomic E-state index is 0.00933. The molecule has 1 amide bonds. The number of hydrogen-bond acceptors (Lipinski definition) is 5. The van der Waals surface area contributed by atoms with Gasteiger partial charge in [0.2, 0.25) is 0 Å². The van der Waals surface area contributed by atoms with Crippen LogP contribution in [0.4, 0.5) is 0 Å². The Labute approximate surface area is 169 Å². The Morgan fingerprint density at radius 1 is 1.28 bits per heavy atom. The molecule has 1 unspecified atom stereocenters. The first-order valence-corrected chi connectivity index (χ1v) is 10.0. The van der Waals surface area contributed by atoms with Gasteiger partial charge in [0.15, 0.2) is 0 Å². The number of likely N-dealkylation sites (tertiary alicyclic amines) is 1. The number of rotatable bonds is 4. The van der Waals surface area contributed by atoms with Crippen molar-refractivity contribution < 1.29 is 14.3 Å². The van der Waals surface area contributed by atoms with Gasteiger partial charge in [-0.15, -0.1) is 0 Å². The molecule has 1 atom stereocenters. The van der Waals surface area contributed by atoms with Crippen molar-refractivity contribution in [3.63, 3.8) is 0 Å². The van der Waals surface area contributed by atoms with Crippen molar-refractivity contribution in [2.45, 2.75) is 38.1 Å². The van der Waals surface area contributed by atoms with E-state index in [4.69, 9.17) is 9.47 Å². The summed E-state index contributed by atoms with van der Waals surface area (Å²) in [6.45, 7) is 4.33. The molecule has 0 radical (unpaired) electrons. The fraction of sp³-hybridized carbons (Fsp3) is 0.409. The van der Waals surface area contributed by atoms with E-state index in [9.17, 15) is 4.79 Å². The first-order valence-electron chi connectivity index (χ1n) is 10.0. The van der Waals surface area contributed by atoms with E-state index in [-0.39, 0.29) is 17.6 Å². The Morgan fingerprint density at radius 2 is 2.17 bits per heavy atom. The van der Waals surface area contributed by atoms with Crippen LogP contribution >= 0.6 is 0 Å². The van der Waals surface area contributed by atoms with E-state index in [1.165, 1.54) is 0 Å². The van der Waals surface area contributed by atoms with Crippen LogP contribution in [0.3, 0.4) is 0 Å². The van der Waals surface area contributed by atoms with Crippen LogP contribution < -0.4 is 0 Å². The summed E-state index contributed by atoms with van der Waals surface area (Å²) in [7, 11) is 0. The first kappa shape index (κ1) is 18.3. The lowest BCUT2D eigenvalue weighted by Gasteiger charge is -2.52. The molecule has 29 heavy (non-hydrogen) atoms. The number of hydrogen-bond donors (Lipinski definition) is 0. The zero-order valence-corrected chi connectivity index (χ0v) is 16.5. The summed E-state index contributed by atoms with van der Waals surface area (Å²) in [6, 6.07) is 11.7. The molecule has 1 spiro atoms. The normalized spacial score (nSPS) is 20.7. The number of nitrogens with zero attached hydrogens (tertiary/aromatic N) is 4. The van der Waals surface area contributed by atoms with Crippen LogP contribution in [0.15, 0.2) is 48.8 Å². The van der Waals surface area contributed by atoms with Crippen LogP contribution in [0.1, 0.15) is 34.7 Å². The van der Waals surface area contributed by atoms with Gasteiger partial charge in [0.05, 0.1) is 37.7 Å². The van der Waals surface area contributed by atoms with Gasteiger partial charge >= 0.3 is 0 Å².